The summed E-state index contributed by atoms with van der Waals surface area (Å²) in [4.78, 5) is 4.17. The zero-order valence-electron chi connectivity index (χ0n) is 8.65. The van der Waals surface area contributed by atoms with Crippen molar-refractivity contribution in [2.24, 2.45) is 0 Å². The number of hydrogen-bond donors (Lipinski definition) is 1. The maximum atomic E-state index is 12.8. The van der Waals surface area contributed by atoms with Crippen LogP contribution in [0.4, 0.5) is 10.1 Å². The highest BCUT2D eigenvalue weighted by molar-refractivity contribution is 5.77. The minimum absolute atomic E-state index is 0.267. The van der Waals surface area contributed by atoms with E-state index in [9.17, 15) is 4.39 Å². The minimum Gasteiger partial charge on any atom is -0.399 e. The maximum Gasteiger partial charge on any atom is 0.123 e. The monoisotopic (exact) mass is 214 g/mol. The largest absolute Gasteiger partial charge is 0.399 e. The third-order valence-corrected chi connectivity index (χ3v) is 2.29. The molecule has 0 fully saturated rings. The SMILES string of the molecule is C=C(c1ccc(F)cc1)c1cc(N)ccn1. The molecule has 0 aliphatic rings. The van der Waals surface area contributed by atoms with Gasteiger partial charge >= 0.3 is 0 Å². The molecule has 80 valence electrons. The van der Waals surface area contributed by atoms with E-state index in [0.29, 0.717) is 11.4 Å². The van der Waals surface area contributed by atoms with Gasteiger partial charge in [-0.15, -0.1) is 0 Å². The number of pyridine rings is 1. The third kappa shape index (κ3) is 2.08. The topological polar surface area (TPSA) is 38.9 Å². The van der Waals surface area contributed by atoms with Crippen molar-refractivity contribution in [1.82, 2.24) is 4.98 Å². The molecule has 2 aromatic rings. The van der Waals surface area contributed by atoms with Gasteiger partial charge in [0.25, 0.3) is 0 Å². The average molecular weight is 214 g/mol. The molecule has 1 heterocycles. The zero-order chi connectivity index (χ0) is 11.5. The van der Waals surface area contributed by atoms with E-state index in [0.717, 1.165) is 11.1 Å². The number of rotatable bonds is 2. The highest BCUT2D eigenvalue weighted by atomic mass is 19.1. The highest BCUT2D eigenvalue weighted by Gasteiger charge is 2.04. The standard InChI is InChI=1S/C13H11FN2/c1-9(10-2-4-11(14)5-3-10)13-8-12(15)6-7-16-13/h2-8H,1H2,(H2,15,16). The number of nitrogens with zero attached hydrogens (tertiary/aromatic N) is 1. The second-order valence-electron chi connectivity index (χ2n) is 3.46. The van der Waals surface area contributed by atoms with Crippen LogP contribution in [0.1, 0.15) is 11.3 Å². The summed E-state index contributed by atoms with van der Waals surface area (Å²) >= 11 is 0. The predicted octanol–water partition coefficient (Wildman–Crippen LogP) is 2.86. The zero-order valence-corrected chi connectivity index (χ0v) is 8.65. The quantitative estimate of drug-likeness (QED) is 0.834. The number of aromatic nitrogens is 1. The van der Waals surface area contributed by atoms with Gasteiger partial charge in [0.05, 0.1) is 5.69 Å². The van der Waals surface area contributed by atoms with Crippen molar-refractivity contribution in [3.05, 3.63) is 66.2 Å². The summed E-state index contributed by atoms with van der Waals surface area (Å²) in [6.45, 7) is 3.93. The first-order chi connectivity index (χ1) is 7.66. The summed E-state index contributed by atoms with van der Waals surface area (Å²) in [5.41, 5.74) is 8.55. The van der Waals surface area contributed by atoms with Crippen LogP contribution in [0, 0.1) is 5.82 Å². The van der Waals surface area contributed by atoms with Crippen molar-refractivity contribution in [3.63, 3.8) is 0 Å². The molecule has 2 nitrogen and oxygen atoms in total. The van der Waals surface area contributed by atoms with Crippen LogP contribution < -0.4 is 5.73 Å². The Balaban J connectivity index is 2.35. The number of hydrogen-bond acceptors (Lipinski definition) is 2. The molecular weight excluding hydrogens is 203 g/mol. The molecule has 0 saturated carbocycles. The first kappa shape index (κ1) is 10.4. The van der Waals surface area contributed by atoms with Gasteiger partial charge in [-0.3, -0.25) is 4.98 Å². The fourth-order valence-corrected chi connectivity index (χ4v) is 1.41. The second-order valence-corrected chi connectivity index (χ2v) is 3.46. The van der Waals surface area contributed by atoms with Crippen molar-refractivity contribution < 1.29 is 4.39 Å². The minimum atomic E-state index is -0.267. The molecule has 0 radical (unpaired) electrons. The van der Waals surface area contributed by atoms with Gasteiger partial charge < -0.3 is 5.73 Å². The predicted molar refractivity (Wildman–Crippen MR) is 63.2 cm³/mol. The Bertz CT molecular complexity index is 518. The van der Waals surface area contributed by atoms with Crippen LogP contribution in [-0.4, -0.2) is 4.98 Å². The van der Waals surface area contributed by atoms with Gasteiger partial charge in [-0.05, 0) is 29.8 Å². The summed E-state index contributed by atoms with van der Waals surface area (Å²) in [6, 6.07) is 9.58. The van der Waals surface area contributed by atoms with E-state index in [1.807, 2.05) is 0 Å². The lowest BCUT2D eigenvalue weighted by Crippen LogP contribution is -1.93. The number of anilines is 1. The lowest BCUT2D eigenvalue weighted by Gasteiger charge is -2.05. The smallest absolute Gasteiger partial charge is 0.123 e. The van der Waals surface area contributed by atoms with Crippen LogP contribution in [-0.2, 0) is 0 Å². The van der Waals surface area contributed by atoms with Crippen molar-refractivity contribution in [3.8, 4) is 0 Å². The Morgan fingerprint density at radius 1 is 1.19 bits per heavy atom. The van der Waals surface area contributed by atoms with Gasteiger partial charge in [-0.1, -0.05) is 18.7 Å². The molecule has 0 spiro atoms. The maximum absolute atomic E-state index is 12.8. The Labute approximate surface area is 93.3 Å². The number of nitrogen functional groups attached to an aromatic ring is 1. The fraction of sp³-hybridized carbons (Fsp3) is 0. The Morgan fingerprint density at radius 2 is 1.88 bits per heavy atom. The van der Waals surface area contributed by atoms with E-state index in [-0.39, 0.29) is 5.82 Å². The molecule has 16 heavy (non-hydrogen) atoms. The van der Waals surface area contributed by atoms with Gasteiger partial charge in [-0.2, -0.15) is 0 Å². The molecule has 0 aliphatic heterocycles. The number of nitrogens with two attached hydrogens (primary N) is 1. The van der Waals surface area contributed by atoms with Crippen molar-refractivity contribution in [1.29, 1.82) is 0 Å². The Hall–Kier alpha value is -2.16. The second kappa shape index (κ2) is 4.14. The van der Waals surface area contributed by atoms with Crippen molar-refractivity contribution in [2.75, 3.05) is 5.73 Å². The van der Waals surface area contributed by atoms with Gasteiger partial charge in [0.2, 0.25) is 0 Å². The molecule has 0 aliphatic carbocycles. The molecule has 0 unspecified atom stereocenters. The van der Waals surface area contributed by atoms with Crippen LogP contribution in [0.3, 0.4) is 0 Å². The molecule has 0 atom stereocenters. The van der Waals surface area contributed by atoms with E-state index in [1.54, 1.807) is 30.5 Å². The molecule has 1 aromatic heterocycles. The summed E-state index contributed by atoms with van der Waals surface area (Å²) in [6.07, 6.45) is 1.62. The van der Waals surface area contributed by atoms with Gasteiger partial charge in [0, 0.05) is 17.5 Å². The van der Waals surface area contributed by atoms with Crippen LogP contribution in [0.2, 0.25) is 0 Å². The molecule has 0 saturated heterocycles. The molecule has 1 aromatic carbocycles. The van der Waals surface area contributed by atoms with Crippen LogP contribution in [0.15, 0.2) is 49.2 Å². The third-order valence-electron chi connectivity index (χ3n) is 2.29. The van der Waals surface area contributed by atoms with Gasteiger partial charge in [-0.25, -0.2) is 4.39 Å². The lowest BCUT2D eigenvalue weighted by atomic mass is 10.0. The first-order valence-electron chi connectivity index (χ1n) is 4.83. The number of benzene rings is 1. The Morgan fingerprint density at radius 3 is 2.50 bits per heavy atom. The van der Waals surface area contributed by atoms with E-state index in [4.69, 9.17) is 5.73 Å². The van der Waals surface area contributed by atoms with Crippen molar-refractivity contribution in [2.45, 2.75) is 0 Å². The summed E-state index contributed by atoms with van der Waals surface area (Å²) in [7, 11) is 0. The average Bonchev–Trinajstić information content (AvgIpc) is 2.29. The van der Waals surface area contributed by atoms with E-state index >= 15 is 0 Å². The molecule has 3 heteroatoms. The fourth-order valence-electron chi connectivity index (χ4n) is 1.41. The first-order valence-corrected chi connectivity index (χ1v) is 4.83. The Kier molecular flexibility index (Phi) is 2.68. The van der Waals surface area contributed by atoms with Crippen LogP contribution in [0.25, 0.3) is 5.57 Å². The van der Waals surface area contributed by atoms with E-state index in [1.165, 1.54) is 12.1 Å². The molecule has 2 N–H and O–H groups in total. The number of halogens is 1. The van der Waals surface area contributed by atoms with Gasteiger partial charge in [0.15, 0.2) is 0 Å². The summed E-state index contributed by atoms with van der Waals surface area (Å²) in [5.74, 6) is -0.267. The van der Waals surface area contributed by atoms with E-state index in [2.05, 4.69) is 11.6 Å². The normalized spacial score (nSPS) is 10.1. The van der Waals surface area contributed by atoms with Crippen LogP contribution >= 0.6 is 0 Å². The van der Waals surface area contributed by atoms with Crippen molar-refractivity contribution >= 4 is 11.3 Å². The lowest BCUT2D eigenvalue weighted by molar-refractivity contribution is 0.627. The molecule has 0 bridgehead atoms. The molecule has 2 rings (SSSR count). The summed E-state index contributed by atoms with van der Waals surface area (Å²) < 4.78 is 12.8. The van der Waals surface area contributed by atoms with Crippen LogP contribution in [0.5, 0.6) is 0 Å². The summed E-state index contributed by atoms with van der Waals surface area (Å²) in [5, 5.41) is 0. The van der Waals surface area contributed by atoms with Gasteiger partial charge in [0.1, 0.15) is 5.82 Å². The molecule has 0 amide bonds. The highest BCUT2D eigenvalue weighted by Crippen LogP contribution is 2.21. The molecular formula is C13H11FN2. The van der Waals surface area contributed by atoms with E-state index < -0.39 is 0 Å².